The van der Waals surface area contributed by atoms with Crippen LogP contribution in [0.4, 0.5) is 0 Å². The van der Waals surface area contributed by atoms with Gasteiger partial charge in [0.2, 0.25) is 0 Å². The van der Waals surface area contributed by atoms with E-state index in [0.717, 1.165) is 28.2 Å². The van der Waals surface area contributed by atoms with Crippen LogP contribution in [-0.2, 0) is 30.4 Å². The molecule has 0 saturated heterocycles. The molecule has 6 unspecified atom stereocenters. The summed E-state index contributed by atoms with van der Waals surface area (Å²) in [4.78, 5) is 17.1. The van der Waals surface area contributed by atoms with Crippen LogP contribution >= 0.6 is 0 Å². The van der Waals surface area contributed by atoms with Crippen LogP contribution in [0.2, 0.25) is 0 Å². The molecule has 0 fully saturated rings. The molecule has 16 heteroatoms. The second-order valence-corrected chi connectivity index (χ2v) is 19.2. The van der Waals surface area contributed by atoms with Gasteiger partial charge in [0.25, 0.3) is 30.4 Å². The van der Waals surface area contributed by atoms with Crippen LogP contribution < -0.4 is 0 Å². The lowest BCUT2D eigenvalue weighted by Crippen LogP contribution is -2.20. The van der Waals surface area contributed by atoms with Crippen LogP contribution in [0.3, 0.4) is 0 Å². The smallest absolute Gasteiger partial charge is 0.294 e. The molecule has 0 spiro atoms. The van der Waals surface area contributed by atoms with E-state index in [0.29, 0.717) is 28.2 Å². The van der Waals surface area contributed by atoms with Crippen molar-refractivity contribution >= 4 is 41.8 Å². The first-order chi connectivity index (χ1) is 28.6. The highest BCUT2D eigenvalue weighted by Crippen LogP contribution is 2.41. The molecule has 0 aliphatic carbocycles. The molecule has 6 atom stereocenters. The normalized spacial score (nSPS) is 22.7. The quantitative estimate of drug-likeness (QED) is 0.103. The summed E-state index contributed by atoms with van der Waals surface area (Å²) in [7, 11) is -13.4. The Kier molecular flexibility index (Phi) is 9.81. The number of benzene rings is 4. The largest absolute Gasteiger partial charge is 0.361 e. The summed E-state index contributed by atoms with van der Waals surface area (Å²) in [5, 5.41) is 0. The van der Waals surface area contributed by atoms with E-state index >= 15 is 0 Å². The standard InChI is InChI=1S/C44H36N4O9S3/c49-58(50,51)30-12-6-27(7-13-30)42-35-20-18-33(45-35)41(26-4-2-1-3-5-26)34-19-21-36(46-34)43(28-8-14-31(15-9-28)59(52,53)54)38-23-25-40(48-38)44(39-24-22-37(42)47-39)29-10-16-32(17-11-29)60(55,56)57/h1-25,33,38,41-44,46-47H,(H,49,50,51)(H,52,53,54)(H,55,56,57). The number of hydrogen-bond acceptors (Lipinski definition) is 8. The lowest BCUT2D eigenvalue weighted by atomic mass is 9.89. The highest BCUT2D eigenvalue weighted by atomic mass is 32.2. The predicted octanol–water partition coefficient (Wildman–Crippen LogP) is 7.08. The van der Waals surface area contributed by atoms with E-state index in [4.69, 9.17) is 9.98 Å². The maximum Gasteiger partial charge on any atom is 0.294 e. The van der Waals surface area contributed by atoms with Gasteiger partial charge < -0.3 is 9.97 Å². The van der Waals surface area contributed by atoms with Gasteiger partial charge in [0.1, 0.15) is 0 Å². The molecule has 2 aromatic heterocycles. The SMILES string of the molecule is O=S(=O)(O)c1ccc(C2C3=NC(C=C3)C(c3ccccc3)c3ccc([nH]3)C(c3ccc(S(=O)(=O)O)cc3)C3C=CC(=N3)C(c3ccc(S(=O)(=O)O)cc3)c3ccc2[nH]3)cc1. The van der Waals surface area contributed by atoms with Crippen LogP contribution in [0.5, 0.6) is 0 Å². The van der Waals surface area contributed by atoms with Gasteiger partial charge >= 0.3 is 0 Å². The Morgan fingerprint density at radius 3 is 1.12 bits per heavy atom. The molecule has 0 saturated carbocycles. The zero-order chi connectivity index (χ0) is 42.0. The minimum absolute atomic E-state index is 0.243. The molecule has 3 aliphatic rings. The minimum Gasteiger partial charge on any atom is -0.361 e. The van der Waals surface area contributed by atoms with Crippen molar-refractivity contribution in [2.24, 2.45) is 9.98 Å². The fraction of sp³-hybridized carbons (Fsp3) is 0.136. The van der Waals surface area contributed by atoms with Crippen LogP contribution in [0, 0.1) is 0 Å². The summed E-state index contributed by atoms with van der Waals surface area (Å²) in [6.07, 6.45) is 7.87. The maximum atomic E-state index is 12.0. The van der Waals surface area contributed by atoms with Crippen molar-refractivity contribution in [1.82, 2.24) is 9.97 Å². The molecule has 13 nitrogen and oxygen atoms in total. The van der Waals surface area contributed by atoms with Gasteiger partial charge in [-0.25, -0.2) is 0 Å². The second-order valence-electron chi connectivity index (χ2n) is 14.9. The van der Waals surface area contributed by atoms with E-state index in [1.165, 1.54) is 36.4 Å². The zero-order valence-corrected chi connectivity index (χ0v) is 33.8. The molecule has 4 aromatic carbocycles. The number of rotatable bonds is 7. The minimum atomic E-state index is -4.48. The van der Waals surface area contributed by atoms with Crippen LogP contribution in [0.15, 0.2) is 176 Å². The number of aliphatic imine (C=N–C) groups is 2. The first kappa shape index (κ1) is 39.5. The Balaban J connectivity index is 1.26. The summed E-state index contributed by atoms with van der Waals surface area (Å²) in [6, 6.07) is 34.8. The van der Waals surface area contributed by atoms with E-state index in [1.807, 2.05) is 78.9 Å². The molecule has 9 rings (SSSR count). The van der Waals surface area contributed by atoms with Crippen LogP contribution in [0.1, 0.15) is 68.7 Å². The van der Waals surface area contributed by atoms with Gasteiger partial charge in [-0.2, -0.15) is 25.3 Å². The van der Waals surface area contributed by atoms with Gasteiger partial charge in [0.15, 0.2) is 0 Å². The Bertz CT molecular complexity index is 3080. The lowest BCUT2D eigenvalue weighted by molar-refractivity contribution is 0.481. The number of fused-ring (bicyclic) bond motifs is 6. The molecule has 8 bridgehead atoms. The van der Waals surface area contributed by atoms with Crippen LogP contribution in [0.25, 0.3) is 0 Å². The topological polar surface area (TPSA) is 219 Å². The van der Waals surface area contributed by atoms with Crippen molar-refractivity contribution in [2.45, 2.75) is 50.4 Å². The van der Waals surface area contributed by atoms with E-state index < -0.39 is 54.1 Å². The van der Waals surface area contributed by atoms with Crippen molar-refractivity contribution in [3.05, 3.63) is 197 Å². The van der Waals surface area contributed by atoms with Gasteiger partial charge in [-0.05, 0) is 95.1 Å². The Hall–Kier alpha value is -6.01. The molecule has 304 valence electrons. The van der Waals surface area contributed by atoms with E-state index in [9.17, 15) is 38.9 Å². The predicted molar refractivity (Wildman–Crippen MR) is 225 cm³/mol. The van der Waals surface area contributed by atoms with Crippen molar-refractivity contribution < 1.29 is 38.9 Å². The van der Waals surface area contributed by atoms with E-state index in [2.05, 4.69) is 9.97 Å². The molecule has 5 N–H and O–H groups in total. The Morgan fingerprint density at radius 2 is 0.733 bits per heavy atom. The highest BCUT2D eigenvalue weighted by Gasteiger charge is 2.35. The van der Waals surface area contributed by atoms with Crippen molar-refractivity contribution in [3.8, 4) is 0 Å². The number of allylic oxidation sites excluding steroid dienone is 2. The molecular formula is C44H36N4O9S3. The summed E-state index contributed by atoms with van der Waals surface area (Å²) in [5.74, 6) is -1.84. The second kappa shape index (κ2) is 14.9. The molecule has 60 heavy (non-hydrogen) atoms. The average molecular weight is 861 g/mol. The molecule has 0 amide bonds. The molecular weight excluding hydrogens is 825 g/mol. The third kappa shape index (κ3) is 7.53. The van der Waals surface area contributed by atoms with Gasteiger partial charge in [-0.3, -0.25) is 23.6 Å². The molecule has 3 aliphatic heterocycles. The molecule has 0 radical (unpaired) electrons. The summed E-state index contributed by atoms with van der Waals surface area (Å²) in [5.41, 5.74) is 7.47. The number of hydrogen-bond donors (Lipinski definition) is 5. The van der Waals surface area contributed by atoms with Gasteiger partial charge in [-0.1, -0.05) is 78.9 Å². The maximum absolute atomic E-state index is 12.0. The third-order valence-corrected chi connectivity index (χ3v) is 13.9. The summed E-state index contributed by atoms with van der Waals surface area (Å²) in [6.45, 7) is 0. The van der Waals surface area contributed by atoms with Gasteiger partial charge in [0, 0.05) is 34.2 Å². The number of H-pyrrole nitrogens is 2. The highest BCUT2D eigenvalue weighted by molar-refractivity contribution is 7.86. The Morgan fingerprint density at radius 1 is 0.400 bits per heavy atom. The van der Waals surface area contributed by atoms with Gasteiger partial charge in [0.05, 0.1) is 50.4 Å². The van der Waals surface area contributed by atoms with Crippen molar-refractivity contribution in [3.63, 3.8) is 0 Å². The fourth-order valence-electron chi connectivity index (χ4n) is 8.50. The summed E-state index contributed by atoms with van der Waals surface area (Å²) >= 11 is 0. The van der Waals surface area contributed by atoms with E-state index in [-0.39, 0.29) is 26.6 Å². The van der Waals surface area contributed by atoms with E-state index in [1.54, 1.807) is 36.4 Å². The fourth-order valence-corrected chi connectivity index (χ4v) is 9.94. The number of nitrogens with zero attached hydrogens (tertiary/aromatic N) is 2. The number of nitrogens with one attached hydrogen (secondary N) is 2. The number of aromatic amines is 2. The third-order valence-electron chi connectivity index (χ3n) is 11.3. The zero-order valence-electron chi connectivity index (χ0n) is 31.3. The average Bonchev–Trinajstić information content (AvgIpc) is 4.06. The van der Waals surface area contributed by atoms with Crippen LogP contribution in [-0.4, -0.2) is 72.4 Å². The first-order valence-electron chi connectivity index (χ1n) is 18.8. The Labute approximate surface area is 346 Å². The van der Waals surface area contributed by atoms with Crippen molar-refractivity contribution in [1.29, 1.82) is 0 Å². The first-order valence-corrected chi connectivity index (χ1v) is 23.1. The molecule has 5 heterocycles. The van der Waals surface area contributed by atoms with Crippen molar-refractivity contribution in [2.75, 3.05) is 0 Å². The van der Waals surface area contributed by atoms with Gasteiger partial charge in [-0.15, -0.1) is 0 Å². The monoisotopic (exact) mass is 860 g/mol. The summed E-state index contributed by atoms with van der Waals surface area (Å²) < 4.78 is 101. The molecule has 6 aromatic rings. The number of aromatic nitrogens is 2. The lowest BCUT2D eigenvalue weighted by Gasteiger charge is -2.24.